The zero-order valence-electron chi connectivity index (χ0n) is 10.4. The highest BCUT2D eigenvalue weighted by Crippen LogP contribution is 2.06. The number of aromatic carboxylic acids is 1. The summed E-state index contributed by atoms with van der Waals surface area (Å²) < 4.78 is 0. The first-order valence-corrected chi connectivity index (χ1v) is 5.78. The maximum Gasteiger partial charge on any atom is 0.354 e. The summed E-state index contributed by atoms with van der Waals surface area (Å²) in [5.74, 6) is -1.11. The van der Waals surface area contributed by atoms with E-state index >= 15 is 0 Å². The predicted octanol–water partition coefficient (Wildman–Crippen LogP) is 1.50. The average molecular weight is 272 g/mol. The molecule has 0 fully saturated rings. The van der Waals surface area contributed by atoms with Crippen LogP contribution in [0, 0.1) is 0 Å². The number of anilines is 1. The number of carbonyl (C=O) groups is 2. The molecule has 0 aliphatic carbocycles. The van der Waals surface area contributed by atoms with E-state index in [1.165, 1.54) is 18.3 Å². The third-order valence-corrected chi connectivity index (χ3v) is 2.42. The molecule has 0 saturated heterocycles. The SMILES string of the molecule is O=C(NCc1cccnc1)Nc1ccc(C(=O)O)nc1. The predicted molar refractivity (Wildman–Crippen MR) is 71.3 cm³/mol. The van der Waals surface area contributed by atoms with Gasteiger partial charge in [0.05, 0.1) is 11.9 Å². The fourth-order valence-corrected chi connectivity index (χ4v) is 1.45. The Kier molecular flexibility index (Phi) is 4.23. The van der Waals surface area contributed by atoms with Crippen LogP contribution in [0.3, 0.4) is 0 Å². The number of carbonyl (C=O) groups excluding carboxylic acids is 1. The lowest BCUT2D eigenvalue weighted by molar-refractivity contribution is 0.0690. The minimum Gasteiger partial charge on any atom is -0.477 e. The Labute approximate surface area is 114 Å². The summed E-state index contributed by atoms with van der Waals surface area (Å²) in [4.78, 5) is 29.9. The van der Waals surface area contributed by atoms with Crippen molar-refractivity contribution in [1.82, 2.24) is 15.3 Å². The topological polar surface area (TPSA) is 104 Å². The van der Waals surface area contributed by atoms with Crippen LogP contribution in [0.4, 0.5) is 10.5 Å². The molecule has 2 aromatic heterocycles. The number of nitrogens with one attached hydrogen (secondary N) is 2. The Morgan fingerprint density at radius 1 is 1.20 bits per heavy atom. The van der Waals surface area contributed by atoms with Crippen LogP contribution in [-0.2, 0) is 6.54 Å². The average Bonchev–Trinajstić information content (AvgIpc) is 2.47. The molecular weight excluding hydrogens is 260 g/mol. The van der Waals surface area contributed by atoms with Crippen LogP contribution in [0.5, 0.6) is 0 Å². The van der Waals surface area contributed by atoms with Crippen molar-refractivity contribution in [2.75, 3.05) is 5.32 Å². The first-order chi connectivity index (χ1) is 9.65. The van der Waals surface area contributed by atoms with Gasteiger partial charge in [0.1, 0.15) is 5.69 Å². The van der Waals surface area contributed by atoms with Crippen molar-refractivity contribution in [3.8, 4) is 0 Å². The number of carboxylic acid groups (broad SMARTS) is 1. The van der Waals surface area contributed by atoms with Gasteiger partial charge in [0, 0.05) is 18.9 Å². The van der Waals surface area contributed by atoms with Crippen LogP contribution in [0.1, 0.15) is 16.1 Å². The summed E-state index contributed by atoms with van der Waals surface area (Å²) in [7, 11) is 0. The zero-order valence-corrected chi connectivity index (χ0v) is 10.4. The van der Waals surface area contributed by atoms with Crippen molar-refractivity contribution in [3.05, 3.63) is 54.1 Å². The van der Waals surface area contributed by atoms with Crippen LogP contribution in [0.15, 0.2) is 42.9 Å². The molecule has 0 radical (unpaired) electrons. The van der Waals surface area contributed by atoms with Crippen LogP contribution in [0.2, 0.25) is 0 Å². The minimum atomic E-state index is -1.11. The molecule has 0 unspecified atom stereocenters. The number of amides is 2. The minimum absolute atomic E-state index is 0.0775. The van der Waals surface area contributed by atoms with Crippen molar-refractivity contribution < 1.29 is 14.7 Å². The molecule has 0 saturated carbocycles. The van der Waals surface area contributed by atoms with E-state index in [2.05, 4.69) is 20.6 Å². The summed E-state index contributed by atoms with van der Waals surface area (Å²) >= 11 is 0. The quantitative estimate of drug-likeness (QED) is 0.782. The highest BCUT2D eigenvalue weighted by molar-refractivity contribution is 5.90. The molecule has 0 atom stereocenters. The van der Waals surface area contributed by atoms with Gasteiger partial charge in [0.15, 0.2) is 0 Å². The Bertz CT molecular complexity index is 599. The molecule has 20 heavy (non-hydrogen) atoms. The van der Waals surface area contributed by atoms with Gasteiger partial charge in [0.25, 0.3) is 0 Å². The Morgan fingerprint density at radius 2 is 2.05 bits per heavy atom. The van der Waals surface area contributed by atoms with Gasteiger partial charge in [0.2, 0.25) is 0 Å². The molecule has 2 rings (SSSR count). The lowest BCUT2D eigenvalue weighted by Crippen LogP contribution is -2.28. The van der Waals surface area contributed by atoms with Crippen LogP contribution < -0.4 is 10.6 Å². The largest absolute Gasteiger partial charge is 0.477 e. The molecule has 0 spiro atoms. The van der Waals surface area contributed by atoms with E-state index in [4.69, 9.17) is 5.11 Å². The first kappa shape index (κ1) is 13.5. The molecule has 2 heterocycles. The molecule has 0 aliphatic heterocycles. The van der Waals surface area contributed by atoms with Gasteiger partial charge >= 0.3 is 12.0 Å². The molecule has 7 heteroatoms. The van der Waals surface area contributed by atoms with Gasteiger partial charge in [-0.1, -0.05) is 6.07 Å². The van der Waals surface area contributed by atoms with E-state index < -0.39 is 12.0 Å². The third kappa shape index (κ3) is 3.77. The van der Waals surface area contributed by atoms with Crippen molar-refractivity contribution in [2.45, 2.75) is 6.54 Å². The number of hydrogen-bond acceptors (Lipinski definition) is 4. The van der Waals surface area contributed by atoms with E-state index in [-0.39, 0.29) is 5.69 Å². The van der Waals surface area contributed by atoms with Gasteiger partial charge in [-0.2, -0.15) is 0 Å². The van der Waals surface area contributed by atoms with Crippen LogP contribution in [0.25, 0.3) is 0 Å². The Morgan fingerprint density at radius 3 is 2.65 bits per heavy atom. The van der Waals surface area contributed by atoms with Crippen molar-refractivity contribution in [3.63, 3.8) is 0 Å². The normalized spacial score (nSPS) is 9.80. The summed E-state index contributed by atoms with van der Waals surface area (Å²) in [6, 6.07) is 6.01. The molecule has 2 aromatic rings. The second-order valence-electron chi connectivity index (χ2n) is 3.91. The molecule has 3 N–H and O–H groups in total. The van der Waals surface area contributed by atoms with E-state index in [1.54, 1.807) is 18.5 Å². The maximum absolute atomic E-state index is 11.6. The molecule has 0 aliphatic rings. The zero-order chi connectivity index (χ0) is 14.4. The maximum atomic E-state index is 11.6. The van der Waals surface area contributed by atoms with E-state index in [0.717, 1.165) is 5.56 Å². The van der Waals surface area contributed by atoms with E-state index in [9.17, 15) is 9.59 Å². The van der Waals surface area contributed by atoms with Crippen LogP contribution >= 0.6 is 0 Å². The summed E-state index contributed by atoms with van der Waals surface area (Å²) in [6.07, 6.45) is 4.59. The lowest BCUT2D eigenvalue weighted by Gasteiger charge is -2.07. The van der Waals surface area contributed by atoms with E-state index in [1.807, 2.05) is 6.07 Å². The fourth-order valence-electron chi connectivity index (χ4n) is 1.45. The van der Waals surface area contributed by atoms with E-state index in [0.29, 0.717) is 12.2 Å². The van der Waals surface area contributed by atoms with Gasteiger partial charge in [-0.15, -0.1) is 0 Å². The Hall–Kier alpha value is -2.96. The highest BCUT2D eigenvalue weighted by Gasteiger charge is 2.05. The van der Waals surface area contributed by atoms with Gasteiger partial charge in [-0.05, 0) is 23.8 Å². The van der Waals surface area contributed by atoms with Gasteiger partial charge in [-0.25, -0.2) is 14.6 Å². The number of hydrogen-bond donors (Lipinski definition) is 3. The third-order valence-electron chi connectivity index (χ3n) is 2.42. The van der Waals surface area contributed by atoms with Gasteiger partial charge in [-0.3, -0.25) is 4.98 Å². The number of aromatic nitrogens is 2. The van der Waals surface area contributed by atoms with Crippen molar-refractivity contribution in [2.24, 2.45) is 0 Å². The number of nitrogens with zero attached hydrogens (tertiary/aromatic N) is 2. The molecule has 2 amide bonds. The van der Waals surface area contributed by atoms with Crippen molar-refractivity contribution in [1.29, 1.82) is 0 Å². The standard InChI is InChI=1S/C13H12N4O3/c18-12(19)11-4-3-10(8-15-11)17-13(20)16-7-9-2-1-5-14-6-9/h1-6,8H,7H2,(H,18,19)(H2,16,17,20). The second-order valence-corrected chi connectivity index (χ2v) is 3.91. The first-order valence-electron chi connectivity index (χ1n) is 5.78. The number of pyridine rings is 2. The monoisotopic (exact) mass is 272 g/mol. The Balaban J connectivity index is 1.86. The second kappa shape index (κ2) is 6.28. The smallest absolute Gasteiger partial charge is 0.354 e. The summed E-state index contributed by atoms with van der Waals surface area (Å²) in [6.45, 7) is 0.348. The molecule has 0 bridgehead atoms. The molecule has 0 aromatic carbocycles. The summed E-state index contributed by atoms with van der Waals surface area (Å²) in [5, 5.41) is 13.9. The highest BCUT2D eigenvalue weighted by atomic mass is 16.4. The van der Waals surface area contributed by atoms with Crippen molar-refractivity contribution >= 4 is 17.7 Å². The summed E-state index contributed by atoms with van der Waals surface area (Å²) in [5.41, 5.74) is 1.21. The molecule has 102 valence electrons. The number of rotatable bonds is 4. The molecular formula is C13H12N4O3. The fraction of sp³-hybridized carbons (Fsp3) is 0.0769. The molecule has 7 nitrogen and oxygen atoms in total. The van der Waals surface area contributed by atoms with Gasteiger partial charge < -0.3 is 15.7 Å². The lowest BCUT2D eigenvalue weighted by atomic mass is 10.3. The van der Waals surface area contributed by atoms with Crippen LogP contribution in [-0.4, -0.2) is 27.1 Å². The number of carboxylic acids is 1. The number of urea groups is 1.